The number of nitrogens with one attached hydrogen (secondary N) is 1. The number of hydrogen-bond acceptors (Lipinski definition) is 3. The van der Waals surface area contributed by atoms with Gasteiger partial charge >= 0.3 is 0 Å². The van der Waals surface area contributed by atoms with E-state index in [-0.39, 0.29) is 11.7 Å². The predicted molar refractivity (Wildman–Crippen MR) is 88.7 cm³/mol. The summed E-state index contributed by atoms with van der Waals surface area (Å²) >= 11 is 3.19. The first-order chi connectivity index (χ1) is 10.0. The molecular weight excluding hydrogens is 332 g/mol. The summed E-state index contributed by atoms with van der Waals surface area (Å²) in [6, 6.07) is 13.5. The van der Waals surface area contributed by atoms with Gasteiger partial charge in [-0.2, -0.15) is 0 Å². The smallest absolute Gasteiger partial charge is 0.285 e. The van der Waals surface area contributed by atoms with Crippen molar-refractivity contribution < 1.29 is 4.92 Å². The number of halogens is 1. The third-order valence-electron chi connectivity index (χ3n) is 3.41. The van der Waals surface area contributed by atoms with E-state index >= 15 is 0 Å². The van der Waals surface area contributed by atoms with Crippen molar-refractivity contribution in [3.8, 4) is 0 Å². The maximum Gasteiger partial charge on any atom is 0.285 e. The van der Waals surface area contributed by atoms with E-state index in [2.05, 4.69) is 52.4 Å². The van der Waals surface area contributed by atoms with Crippen LogP contribution in [0.15, 0.2) is 46.9 Å². The van der Waals surface area contributed by atoms with Crippen molar-refractivity contribution in [1.82, 2.24) is 0 Å². The van der Waals surface area contributed by atoms with Gasteiger partial charge in [0.05, 0.1) is 9.40 Å². The van der Waals surface area contributed by atoms with Crippen LogP contribution in [0.4, 0.5) is 11.4 Å². The van der Waals surface area contributed by atoms with Gasteiger partial charge in [0.2, 0.25) is 0 Å². The summed E-state index contributed by atoms with van der Waals surface area (Å²) in [5.74, 6) is 0. The number of aryl methyl sites for hydroxylation is 1. The highest BCUT2D eigenvalue weighted by molar-refractivity contribution is 9.10. The summed E-state index contributed by atoms with van der Waals surface area (Å²) in [7, 11) is 0. The summed E-state index contributed by atoms with van der Waals surface area (Å²) in [4.78, 5) is 10.6. The fourth-order valence-corrected chi connectivity index (χ4v) is 2.51. The number of nitro groups is 1. The Hall–Kier alpha value is -1.88. The maximum atomic E-state index is 10.9. The van der Waals surface area contributed by atoms with E-state index in [0.717, 1.165) is 17.7 Å². The minimum absolute atomic E-state index is 0.0635. The summed E-state index contributed by atoms with van der Waals surface area (Å²) in [6.07, 6.45) is 1.01. The highest BCUT2D eigenvalue weighted by Gasteiger charge is 2.13. The molecule has 0 radical (unpaired) electrons. The van der Waals surface area contributed by atoms with Crippen molar-refractivity contribution in [2.75, 3.05) is 5.32 Å². The number of rotatable bonds is 5. The highest BCUT2D eigenvalue weighted by Crippen LogP contribution is 2.29. The minimum atomic E-state index is -0.393. The van der Waals surface area contributed by atoms with Crippen LogP contribution in [-0.4, -0.2) is 4.92 Å². The van der Waals surface area contributed by atoms with Gasteiger partial charge in [0.15, 0.2) is 0 Å². The molecule has 2 rings (SSSR count). The number of nitrogens with zero attached hydrogens (tertiary/aromatic N) is 1. The Morgan fingerprint density at radius 3 is 2.48 bits per heavy atom. The molecule has 2 aromatic rings. The van der Waals surface area contributed by atoms with Crippen molar-refractivity contribution >= 4 is 27.3 Å². The van der Waals surface area contributed by atoms with Gasteiger partial charge < -0.3 is 5.32 Å². The van der Waals surface area contributed by atoms with Crippen LogP contribution < -0.4 is 5.32 Å². The number of anilines is 1. The minimum Gasteiger partial charge on any atom is -0.378 e. The first-order valence-corrected chi connectivity index (χ1v) is 7.60. The number of hydrogen-bond donors (Lipinski definition) is 1. The van der Waals surface area contributed by atoms with Crippen molar-refractivity contribution in [2.45, 2.75) is 26.3 Å². The molecule has 1 N–H and O–H groups in total. The van der Waals surface area contributed by atoms with Crippen molar-refractivity contribution in [3.05, 3.63) is 68.2 Å². The number of benzene rings is 2. The van der Waals surface area contributed by atoms with Crippen LogP contribution in [0.25, 0.3) is 0 Å². The summed E-state index contributed by atoms with van der Waals surface area (Å²) in [5.41, 5.74) is 3.24. The Morgan fingerprint density at radius 2 is 1.90 bits per heavy atom. The van der Waals surface area contributed by atoms with E-state index in [9.17, 15) is 10.1 Å². The first kappa shape index (κ1) is 15.5. The van der Waals surface area contributed by atoms with Gasteiger partial charge in [0, 0.05) is 17.8 Å². The number of nitro benzene ring substituents is 1. The molecule has 0 aromatic heterocycles. The molecule has 0 aliphatic rings. The Bertz CT molecular complexity index is 641. The second-order valence-electron chi connectivity index (χ2n) is 4.88. The van der Waals surface area contributed by atoms with Gasteiger partial charge in [-0.25, -0.2) is 0 Å². The molecule has 2 aromatic carbocycles. The normalized spacial score (nSPS) is 12.0. The first-order valence-electron chi connectivity index (χ1n) is 6.80. The Labute approximate surface area is 132 Å². The third-order valence-corrected chi connectivity index (χ3v) is 4.08. The predicted octanol–water partition coefficient (Wildman–Crippen LogP) is 5.09. The van der Waals surface area contributed by atoms with E-state index in [0.29, 0.717) is 4.47 Å². The topological polar surface area (TPSA) is 55.2 Å². The van der Waals surface area contributed by atoms with Crippen LogP contribution in [0, 0.1) is 10.1 Å². The van der Waals surface area contributed by atoms with Crippen LogP contribution in [0.2, 0.25) is 0 Å². The molecule has 4 nitrogen and oxygen atoms in total. The Balaban J connectivity index is 2.16. The summed E-state index contributed by atoms with van der Waals surface area (Å²) in [5, 5.41) is 14.2. The van der Waals surface area contributed by atoms with E-state index in [1.807, 2.05) is 13.0 Å². The lowest BCUT2D eigenvalue weighted by Gasteiger charge is -2.16. The largest absolute Gasteiger partial charge is 0.378 e. The zero-order valence-electron chi connectivity index (χ0n) is 12.0. The fraction of sp³-hybridized carbons (Fsp3) is 0.250. The van der Waals surface area contributed by atoms with E-state index in [1.165, 1.54) is 5.56 Å². The van der Waals surface area contributed by atoms with Gasteiger partial charge in [-0.15, -0.1) is 0 Å². The quantitative estimate of drug-likeness (QED) is 0.604. The van der Waals surface area contributed by atoms with Gasteiger partial charge in [-0.3, -0.25) is 10.1 Å². The van der Waals surface area contributed by atoms with Crippen LogP contribution in [-0.2, 0) is 6.42 Å². The Kier molecular flexibility index (Phi) is 4.96. The molecule has 0 saturated heterocycles. The van der Waals surface area contributed by atoms with Gasteiger partial charge in [-0.05, 0) is 52.5 Å². The van der Waals surface area contributed by atoms with E-state index in [4.69, 9.17) is 0 Å². The molecule has 0 bridgehead atoms. The van der Waals surface area contributed by atoms with E-state index in [1.54, 1.807) is 12.1 Å². The molecule has 0 aliphatic heterocycles. The fourth-order valence-electron chi connectivity index (χ4n) is 2.12. The Morgan fingerprint density at radius 1 is 1.24 bits per heavy atom. The molecule has 1 unspecified atom stereocenters. The molecule has 0 saturated carbocycles. The highest BCUT2D eigenvalue weighted by atomic mass is 79.9. The SMILES string of the molecule is CCc1ccc(C(C)Nc2ccc(Br)c([N+](=O)[O-])c2)cc1. The molecule has 0 amide bonds. The maximum absolute atomic E-state index is 10.9. The third kappa shape index (κ3) is 3.82. The van der Waals surface area contributed by atoms with Crippen LogP contribution in [0.5, 0.6) is 0 Å². The van der Waals surface area contributed by atoms with Gasteiger partial charge in [0.1, 0.15) is 0 Å². The zero-order valence-corrected chi connectivity index (χ0v) is 13.6. The molecule has 0 fully saturated rings. The van der Waals surface area contributed by atoms with E-state index < -0.39 is 4.92 Å². The zero-order chi connectivity index (χ0) is 15.4. The molecular formula is C16H17BrN2O2. The van der Waals surface area contributed by atoms with Crippen molar-refractivity contribution in [3.63, 3.8) is 0 Å². The molecule has 5 heteroatoms. The molecule has 21 heavy (non-hydrogen) atoms. The molecule has 110 valence electrons. The van der Waals surface area contributed by atoms with Crippen LogP contribution >= 0.6 is 15.9 Å². The average molecular weight is 349 g/mol. The summed E-state index contributed by atoms with van der Waals surface area (Å²) < 4.78 is 0.484. The molecule has 1 atom stereocenters. The average Bonchev–Trinajstić information content (AvgIpc) is 2.49. The van der Waals surface area contributed by atoms with Crippen molar-refractivity contribution in [1.29, 1.82) is 0 Å². The lowest BCUT2D eigenvalue weighted by atomic mass is 10.0. The second-order valence-corrected chi connectivity index (χ2v) is 5.74. The molecule has 0 aliphatic carbocycles. The second kappa shape index (κ2) is 6.72. The van der Waals surface area contributed by atoms with Gasteiger partial charge in [0.25, 0.3) is 5.69 Å². The lowest BCUT2D eigenvalue weighted by molar-refractivity contribution is -0.385. The van der Waals surface area contributed by atoms with Crippen LogP contribution in [0.1, 0.15) is 31.0 Å². The van der Waals surface area contributed by atoms with Crippen LogP contribution in [0.3, 0.4) is 0 Å². The van der Waals surface area contributed by atoms with Crippen molar-refractivity contribution in [2.24, 2.45) is 0 Å². The monoisotopic (exact) mass is 348 g/mol. The van der Waals surface area contributed by atoms with Gasteiger partial charge in [-0.1, -0.05) is 31.2 Å². The summed E-state index contributed by atoms with van der Waals surface area (Å²) in [6.45, 7) is 4.16. The molecule has 0 heterocycles. The standard InChI is InChI=1S/C16H17BrN2O2/c1-3-12-4-6-13(7-5-12)11(2)18-14-8-9-15(17)16(10-14)19(20)21/h4-11,18H,3H2,1-2H3. The molecule has 0 spiro atoms. The lowest BCUT2D eigenvalue weighted by Crippen LogP contribution is -2.07.